The number of hydrogen-bond donors (Lipinski definition) is 0. The molecule has 24 heavy (non-hydrogen) atoms. The van der Waals surface area contributed by atoms with Crippen LogP contribution in [-0.4, -0.2) is 34.2 Å². The zero-order valence-corrected chi connectivity index (χ0v) is 14.8. The summed E-state index contributed by atoms with van der Waals surface area (Å²) in [4.78, 5) is 8.25. The van der Waals surface area contributed by atoms with Gasteiger partial charge in [0.15, 0.2) is 0 Å². The highest BCUT2D eigenvalue weighted by molar-refractivity contribution is 7.13. The van der Waals surface area contributed by atoms with Crippen LogP contribution in [0.4, 0.5) is 0 Å². The lowest BCUT2D eigenvalue weighted by molar-refractivity contribution is -0.0158. The predicted octanol–water partition coefficient (Wildman–Crippen LogP) is 3.62. The topological polar surface area (TPSA) is 43.4 Å². The van der Waals surface area contributed by atoms with Crippen molar-refractivity contribution in [2.24, 2.45) is 7.05 Å². The fraction of sp³-hybridized carbons (Fsp3) is 0.389. The number of aryl methyl sites for hydroxylation is 2. The van der Waals surface area contributed by atoms with Gasteiger partial charge in [0.25, 0.3) is 0 Å². The normalized spacial score (nSPS) is 19.0. The van der Waals surface area contributed by atoms with Crippen molar-refractivity contribution in [2.45, 2.75) is 19.5 Å². The molecule has 0 aromatic carbocycles. The average Bonchev–Trinajstić information content (AvgIpc) is 3.30. The van der Waals surface area contributed by atoms with Gasteiger partial charge in [-0.3, -0.25) is 4.90 Å². The van der Waals surface area contributed by atoms with Crippen molar-refractivity contribution >= 4 is 11.3 Å². The van der Waals surface area contributed by atoms with E-state index in [1.807, 2.05) is 24.4 Å². The largest absolute Gasteiger partial charge is 0.440 e. The van der Waals surface area contributed by atoms with Crippen LogP contribution in [0, 0.1) is 6.92 Å². The third-order valence-electron chi connectivity index (χ3n) is 4.54. The maximum atomic E-state index is 5.89. The van der Waals surface area contributed by atoms with Crippen LogP contribution in [0.15, 0.2) is 40.3 Å². The van der Waals surface area contributed by atoms with E-state index in [0.717, 1.165) is 41.9 Å². The first-order chi connectivity index (χ1) is 11.7. The van der Waals surface area contributed by atoms with Gasteiger partial charge in [-0.1, -0.05) is 6.07 Å². The predicted molar refractivity (Wildman–Crippen MR) is 93.9 cm³/mol. The van der Waals surface area contributed by atoms with E-state index in [2.05, 4.69) is 34.8 Å². The zero-order chi connectivity index (χ0) is 16.5. The molecule has 1 saturated heterocycles. The van der Waals surface area contributed by atoms with Gasteiger partial charge in [-0.15, -0.1) is 11.3 Å². The molecule has 0 amide bonds. The van der Waals surface area contributed by atoms with Gasteiger partial charge in [0.1, 0.15) is 5.76 Å². The van der Waals surface area contributed by atoms with Crippen molar-refractivity contribution in [3.8, 4) is 10.8 Å². The fourth-order valence-electron chi connectivity index (χ4n) is 3.19. The van der Waals surface area contributed by atoms with Gasteiger partial charge in [0, 0.05) is 32.0 Å². The molecule has 0 radical (unpaired) electrons. The van der Waals surface area contributed by atoms with Crippen LogP contribution in [0.5, 0.6) is 0 Å². The number of aromatic nitrogens is 2. The second-order valence-electron chi connectivity index (χ2n) is 6.10. The highest BCUT2D eigenvalue weighted by Gasteiger charge is 2.28. The van der Waals surface area contributed by atoms with Gasteiger partial charge in [0.2, 0.25) is 5.89 Å². The molecule has 0 unspecified atom stereocenters. The molecule has 4 rings (SSSR count). The summed E-state index contributed by atoms with van der Waals surface area (Å²) in [6, 6.07) is 8.56. The molecule has 0 aliphatic carbocycles. The van der Waals surface area contributed by atoms with E-state index >= 15 is 0 Å². The number of oxazole rings is 1. The maximum Gasteiger partial charge on any atom is 0.236 e. The Morgan fingerprint density at radius 3 is 3.00 bits per heavy atom. The van der Waals surface area contributed by atoms with E-state index in [9.17, 15) is 0 Å². The van der Waals surface area contributed by atoms with E-state index in [1.165, 1.54) is 5.69 Å². The zero-order valence-electron chi connectivity index (χ0n) is 13.9. The van der Waals surface area contributed by atoms with Crippen LogP contribution in [-0.2, 0) is 18.3 Å². The Hall–Kier alpha value is -1.89. The second-order valence-corrected chi connectivity index (χ2v) is 7.05. The summed E-state index contributed by atoms with van der Waals surface area (Å²) in [6.07, 6.45) is 2.08. The number of thiophene rings is 1. The SMILES string of the molecule is Cc1oc(-c2cccs2)nc1CN1CCOC[C@H]1c1cccn1C. The molecule has 1 fully saturated rings. The second kappa shape index (κ2) is 6.55. The molecular weight excluding hydrogens is 322 g/mol. The third kappa shape index (κ3) is 2.92. The van der Waals surface area contributed by atoms with Crippen molar-refractivity contribution in [3.63, 3.8) is 0 Å². The van der Waals surface area contributed by atoms with Gasteiger partial charge in [-0.05, 0) is 30.5 Å². The number of nitrogens with zero attached hydrogens (tertiary/aromatic N) is 3. The maximum absolute atomic E-state index is 5.89. The fourth-order valence-corrected chi connectivity index (χ4v) is 3.84. The van der Waals surface area contributed by atoms with Gasteiger partial charge >= 0.3 is 0 Å². The molecule has 6 heteroatoms. The first-order valence-corrected chi connectivity index (χ1v) is 9.03. The van der Waals surface area contributed by atoms with E-state index in [4.69, 9.17) is 14.1 Å². The quantitative estimate of drug-likeness (QED) is 0.726. The summed E-state index contributed by atoms with van der Waals surface area (Å²) < 4.78 is 13.8. The molecule has 0 bridgehead atoms. The molecule has 0 saturated carbocycles. The summed E-state index contributed by atoms with van der Waals surface area (Å²) in [5, 5.41) is 2.04. The van der Waals surface area contributed by atoms with Crippen LogP contribution in [0.1, 0.15) is 23.2 Å². The summed E-state index contributed by atoms with van der Waals surface area (Å²) in [7, 11) is 2.08. The summed E-state index contributed by atoms with van der Waals surface area (Å²) in [5.74, 6) is 1.62. The van der Waals surface area contributed by atoms with Crippen molar-refractivity contribution < 1.29 is 9.15 Å². The monoisotopic (exact) mass is 343 g/mol. The standard InChI is InChI=1S/C18H21N3O2S/c1-13-14(19-18(23-13)17-6-4-10-24-17)11-21-8-9-22-12-16(21)15-5-3-7-20(15)2/h3-7,10,16H,8-9,11-12H2,1-2H3/t16-/m0/s1. The Morgan fingerprint density at radius 1 is 1.33 bits per heavy atom. The van der Waals surface area contributed by atoms with Crippen molar-refractivity contribution in [2.75, 3.05) is 19.8 Å². The lowest BCUT2D eigenvalue weighted by Gasteiger charge is -2.35. The number of ether oxygens (including phenoxy) is 1. The van der Waals surface area contributed by atoms with Crippen LogP contribution >= 0.6 is 11.3 Å². The molecule has 3 aromatic heterocycles. The van der Waals surface area contributed by atoms with Crippen LogP contribution in [0.2, 0.25) is 0 Å². The van der Waals surface area contributed by atoms with E-state index in [1.54, 1.807) is 11.3 Å². The van der Waals surface area contributed by atoms with E-state index < -0.39 is 0 Å². The Bertz CT molecular complexity index is 806. The minimum absolute atomic E-state index is 0.250. The van der Waals surface area contributed by atoms with Crippen LogP contribution in [0.25, 0.3) is 10.8 Å². The molecule has 4 heterocycles. The number of morpholine rings is 1. The number of rotatable bonds is 4. The lowest BCUT2D eigenvalue weighted by Crippen LogP contribution is -2.40. The Kier molecular flexibility index (Phi) is 4.26. The van der Waals surface area contributed by atoms with Crippen LogP contribution < -0.4 is 0 Å². The molecule has 3 aromatic rings. The summed E-state index contributed by atoms with van der Waals surface area (Å²) in [6.45, 7) is 5.15. The van der Waals surface area contributed by atoms with E-state index in [0.29, 0.717) is 6.61 Å². The molecule has 5 nitrogen and oxygen atoms in total. The van der Waals surface area contributed by atoms with E-state index in [-0.39, 0.29) is 6.04 Å². The van der Waals surface area contributed by atoms with Crippen LogP contribution in [0.3, 0.4) is 0 Å². The first kappa shape index (κ1) is 15.6. The smallest absolute Gasteiger partial charge is 0.236 e. The van der Waals surface area contributed by atoms with Gasteiger partial charge in [0.05, 0.1) is 29.8 Å². The lowest BCUT2D eigenvalue weighted by atomic mass is 10.1. The average molecular weight is 343 g/mol. The molecule has 1 atom stereocenters. The summed E-state index contributed by atoms with van der Waals surface area (Å²) in [5.41, 5.74) is 2.29. The number of hydrogen-bond acceptors (Lipinski definition) is 5. The Labute approximate surface area is 145 Å². The van der Waals surface area contributed by atoms with Crippen molar-refractivity contribution in [1.29, 1.82) is 0 Å². The minimum Gasteiger partial charge on any atom is -0.440 e. The first-order valence-electron chi connectivity index (χ1n) is 8.15. The summed E-state index contributed by atoms with van der Waals surface area (Å²) >= 11 is 1.65. The van der Waals surface area contributed by atoms with Gasteiger partial charge in [-0.25, -0.2) is 4.98 Å². The Balaban J connectivity index is 1.58. The molecule has 0 N–H and O–H groups in total. The van der Waals surface area contributed by atoms with Gasteiger partial charge < -0.3 is 13.7 Å². The minimum atomic E-state index is 0.250. The highest BCUT2D eigenvalue weighted by atomic mass is 32.1. The molecule has 1 aliphatic heterocycles. The van der Waals surface area contributed by atoms with Crippen molar-refractivity contribution in [1.82, 2.24) is 14.5 Å². The Morgan fingerprint density at radius 2 is 2.25 bits per heavy atom. The molecular formula is C18H21N3O2S. The molecule has 0 spiro atoms. The third-order valence-corrected chi connectivity index (χ3v) is 5.40. The molecule has 1 aliphatic rings. The molecule has 126 valence electrons. The highest BCUT2D eigenvalue weighted by Crippen LogP contribution is 2.29. The van der Waals surface area contributed by atoms with Gasteiger partial charge in [-0.2, -0.15) is 0 Å². The van der Waals surface area contributed by atoms with Crippen molar-refractivity contribution in [3.05, 3.63) is 53.0 Å².